The molecule has 12 heteroatoms. The third-order valence-corrected chi connectivity index (χ3v) is 3.62. The van der Waals surface area contributed by atoms with Crippen molar-refractivity contribution in [1.29, 1.82) is 0 Å². The van der Waals surface area contributed by atoms with E-state index in [-0.39, 0.29) is 38.5 Å². The van der Waals surface area contributed by atoms with E-state index >= 15 is 0 Å². The molecule has 0 aliphatic heterocycles. The number of aliphatic carboxylic acids is 6. The molecule has 0 aliphatic carbocycles. The number of hydrogen-bond acceptors (Lipinski definition) is 6. The molecule has 12 nitrogen and oxygen atoms in total. The number of rotatable bonds is 17. The molecule has 0 heterocycles. The van der Waals surface area contributed by atoms with Crippen LogP contribution in [0, 0.1) is 0 Å². The summed E-state index contributed by atoms with van der Waals surface area (Å²) in [4.78, 5) is 59.4. The number of carboxylic acids is 6. The number of carboxylic acid groups (broad SMARTS) is 6. The molecule has 0 aromatic carbocycles. The maximum absolute atomic E-state index is 10.1. The summed E-state index contributed by atoms with van der Waals surface area (Å²) in [6.07, 6.45) is 6.25. The first-order chi connectivity index (χ1) is 14.9. The minimum atomic E-state index is -1.08. The van der Waals surface area contributed by atoms with E-state index in [2.05, 4.69) is 0 Å². The minimum Gasteiger partial charge on any atom is -0.481 e. The van der Waals surface area contributed by atoms with Crippen LogP contribution in [0.15, 0.2) is 0 Å². The van der Waals surface area contributed by atoms with Crippen molar-refractivity contribution in [2.45, 2.75) is 89.9 Å². The Bertz CT molecular complexity index is 521. The van der Waals surface area contributed by atoms with Crippen molar-refractivity contribution in [3.8, 4) is 0 Å². The van der Waals surface area contributed by atoms with Gasteiger partial charge in [-0.25, -0.2) is 0 Å². The summed E-state index contributed by atoms with van der Waals surface area (Å²) < 4.78 is 0. The third-order valence-electron chi connectivity index (χ3n) is 3.62. The van der Waals surface area contributed by atoms with Crippen LogP contribution in [-0.2, 0) is 28.8 Å². The van der Waals surface area contributed by atoms with E-state index in [9.17, 15) is 28.8 Å². The van der Waals surface area contributed by atoms with E-state index in [1.807, 2.05) is 0 Å². The summed E-state index contributed by atoms with van der Waals surface area (Å²) in [6, 6.07) is 0. The van der Waals surface area contributed by atoms with E-state index in [1.165, 1.54) is 0 Å². The molecule has 6 N–H and O–H groups in total. The number of hydrogen-bond donors (Lipinski definition) is 6. The monoisotopic (exact) mass is 466 g/mol. The molecule has 0 radical (unpaired) electrons. The van der Waals surface area contributed by atoms with Gasteiger partial charge in [0.05, 0.1) is 12.8 Å². The molecule has 186 valence electrons. The zero-order chi connectivity index (χ0) is 25.4. The first-order valence-electron chi connectivity index (χ1n) is 10.2. The Kier molecular flexibility index (Phi) is 25.2. The summed E-state index contributed by atoms with van der Waals surface area (Å²) in [5.41, 5.74) is 0. The van der Waals surface area contributed by atoms with Gasteiger partial charge >= 0.3 is 35.8 Å². The SMILES string of the molecule is O=C(O)CCC(=O)O.O=C(O)CCCCC(=O)O.O=C(O)CCCCCCCCC(=O)O. The molecule has 0 atom stereocenters. The summed E-state index contributed by atoms with van der Waals surface area (Å²) in [5, 5.41) is 48.8. The van der Waals surface area contributed by atoms with Crippen LogP contribution in [0.4, 0.5) is 0 Å². The van der Waals surface area contributed by atoms with Crippen LogP contribution in [0.2, 0.25) is 0 Å². The van der Waals surface area contributed by atoms with Crippen LogP contribution < -0.4 is 0 Å². The van der Waals surface area contributed by atoms with Crippen molar-refractivity contribution < 1.29 is 59.4 Å². The van der Waals surface area contributed by atoms with E-state index in [1.54, 1.807) is 0 Å². The summed E-state index contributed by atoms with van der Waals surface area (Å²) in [7, 11) is 0. The maximum atomic E-state index is 10.1. The number of unbranched alkanes of at least 4 members (excludes halogenated alkanes) is 6. The van der Waals surface area contributed by atoms with Crippen molar-refractivity contribution in [3.63, 3.8) is 0 Å². The summed E-state index contributed by atoms with van der Waals surface area (Å²) in [6.45, 7) is 0. The van der Waals surface area contributed by atoms with E-state index in [4.69, 9.17) is 30.6 Å². The van der Waals surface area contributed by atoms with Crippen LogP contribution in [0.25, 0.3) is 0 Å². The Labute approximate surface area is 185 Å². The average molecular weight is 466 g/mol. The second-order valence-electron chi connectivity index (χ2n) is 6.69. The molecule has 0 aliphatic rings. The Morgan fingerprint density at radius 2 is 0.438 bits per heavy atom. The van der Waals surface area contributed by atoms with Gasteiger partial charge in [0.15, 0.2) is 0 Å². The second kappa shape index (κ2) is 24.1. The van der Waals surface area contributed by atoms with Gasteiger partial charge in [-0.2, -0.15) is 0 Å². The third kappa shape index (κ3) is 45.5. The van der Waals surface area contributed by atoms with Crippen LogP contribution in [0.3, 0.4) is 0 Å². The predicted molar refractivity (Wildman–Crippen MR) is 110 cm³/mol. The molecular weight excluding hydrogens is 432 g/mol. The highest BCUT2D eigenvalue weighted by molar-refractivity contribution is 5.75. The van der Waals surface area contributed by atoms with Gasteiger partial charge in [0.25, 0.3) is 0 Å². The molecular formula is C20H34O12. The smallest absolute Gasteiger partial charge is 0.303 e. The summed E-state index contributed by atoms with van der Waals surface area (Å²) in [5.74, 6) is -5.37. The van der Waals surface area contributed by atoms with Crippen LogP contribution in [-0.4, -0.2) is 66.5 Å². The lowest BCUT2D eigenvalue weighted by Gasteiger charge is -1.98. The van der Waals surface area contributed by atoms with Crippen molar-refractivity contribution in [2.75, 3.05) is 0 Å². The Morgan fingerprint density at radius 1 is 0.281 bits per heavy atom. The highest BCUT2D eigenvalue weighted by Crippen LogP contribution is 2.08. The first kappa shape index (κ1) is 33.5. The fourth-order valence-corrected chi connectivity index (χ4v) is 2.03. The van der Waals surface area contributed by atoms with Gasteiger partial charge in [-0.3, -0.25) is 28.8 Å². The van der Waals surface area contributed by atoms with Crippen molar-refractivity contribution in [2.24, 2.45) is 0 Å². The lowest BCUT2D eigenvalue weighted by molar-refractivity contribution is -0.143. The lowest BCUT2D eigenvalue weighted by atomic mass is 10.1. The molecule has 32 heavy (non-hydrogen) atoms. The van der Waals surface area contributed by atoms with Crippen LogP contribution in [0.5, 0.6) is 0 Å². The van der Waals surface area contributed by atoms with Gasteiger partial charge in [0.1, 0.15) is 0 Å². The van der Waals surface area contributed by atoms with Gasteiger partial charge < -0.3 is 30.6 Å². The first-order valence-corrected chi connectivity index (χ1v) is 10.2. The molecule has 0 saturated heterocycles. The zero-order valence-electron chi connectivity index (χ0n) is 18.0. The van der Waals surface area contributed by atoms with Crippen molar-refractivity contribution in [1.82, 2.24) is 0 Å². The van der Waals surface area contributed by atoms with Gasteiger partial charge in [0.2, 0.25) is 0 Å². The standard InChI is InChI=1S/C10H18O4.C6H10O4.C4H6O4/c11-9(12)7-5-3-1-2-4-6-8-10(13)14;7-5(8)3-1-2-4-6(9)10;5-3(6)1-2-4(7)8/h1-8H2,(H,11,12)(H,13,14);1-4H2,(H,7,8)(H,9,10);1-2H2,(H,5,6)(H,7,8). The van der Waals surface area contributed by atoms with E-state index < -0.39 is 35.8 Å². The lowest BCUT2D eigenvalue weighted by Crippen LogP contribution is -2.00. The molecule has 0 fully saturated rings. The highest BCUT2D eigenvalue weighted by Gasteiger charge is 2.01. The molecule has 0 unspecified atom stereocenters. The normalized spacial score (nSPS) is 9.38. The van der Waals surface area contributed by atoms with Crippen molar-refractivity contribution >= 4 is 35.8 Å². The average Bonchev–Trinajstić information content (AvgIpc) is 2.66. The van der Waals surface area contributed by atoms with Gasteiger partial charge in [0, 0.05) is 25.7 Å². The molecule has 0 aromatic heterocycles. The van der Waals surface area contributed by atoms with E-state index in [0.717, 1.165) is 38.5 Å². The molecule has 0 spiro atoms. The predicted octanol–water partition coefficient (Wildman–Crippen LogP) is 2.93. The number of carbonyl (C=O) groups is 6. The molecule has 0 saturated carbocycles. The van der Waals surface area contributed by atoms with Gasteiger partial charge in [-0.1, -0.05) is 25.7 Å². The largest absolute Gasteiger partial charge is 0.481 e. The topological polar surface area (TPSA) is 224 Å². The highest BCUT2D eigenvalue weighted by atomic mass is 16.4. The quantitative estimate of drug-likeness (QED) is 0.170. The van der Waals surface area contributed by atoms with Crippen LogP contribution in [0.1, 0.15) is 89.9 Å². The molecule has 0 aromatic rings. The second-order valence-corrected chi connectivity index (χ2v) is 6.69. The molecule has 0 bridgehead atoms. The van der Waals surface area contributed by atoms with Gasteiger partial charge in [-0.05, 0) is 25.7 Å². The van der Waals surface area contributed by atoms with Crippen molar-refractivity contribution in [3.05, 3.63) is 0 Å². The minimum absolute atomic E-state index is 0.0628. The molecule has 0 amide bonds. The Balaban J connectivity index is -0.000000413. The van der Waals surface area contributed by atoms with E-state index in [0.29, 0.717) is 12.8 Å². The fraction of sp³-hybridized carbons (Fsp3) is 0.700. The maximum Gasteiger partial charge on any atom is 0.303 e. The van der Waals surface area contributed by atoms with Crippen LogP contribution >= 0.6 is 0 Å². The zero-order valence-corrected chi connectivity index (χ0v) is 18.0. The van der Waals surface area contributed by atoms with Gasteiger partial charge in [-0.15, -0.1) is 0 Å². The summed E-state index contributed by atoms with van der Waals surface area (Å²) >= 11 is 0. The fourth-order valence-electron chi connectivity index (χ4n) is 2.03. The molecule has 0 rings (SSSR count). The Morgan fingerprint density at radius 3 is 0.625 bits per heavy atom. The Hall–Kier alpha value is -3.18.